The van der Waals surface area contributed by atoms with Gasteiger partial charge in [0.15, 0.2) is 21.8 Å². The Morgan fingerprint density at radius 1 is 0.169 bits per heavy atom. The molecule has 0 aliphatic rings. The number of para-hydroxylation sites is 4. The fourth-order valence-electron chi connectivity index (χ4n) is 22.5. The number of hydrogen-bond donors (Lipinski definition) is 0. The summed E-state index contributed by atoms with van der Waals surface area (Å²) in [6.45, 7) is 7.74. The maximum atomic E-state index is 9.84. The predicted molar refractivity (Wildman–Crippen MR) is 601 cm³/mol. The third-order valence-electron chi connectivity index (χ3n) is 28.8. The van der Waals surface area contributed by atoms with Gasteiger partial charge < -0.3 is 18.3 Å². The lowest BCUT2D eigenvalue weighted by Gasteiger charge is -2.34. The molecule has 22 aromatic carbocycles. The summed E-state index contributed by atoms with van der Waals surface area (Å²) in [5.41, 5.74) is 28.0. The summed E-state index contributed by atoms with van der Waals surface area (Å²) in [4.78, 5) is 3.77. The topological polar surface area (TPSA) is 47.9 Å². The molecule has 4 heterocycles. The summed E-state index contributed by atoms with van der Waals surface area (Å²) in [6.07, 6.45) is 0. The molecule has 26 rings (SSSR count). The van der Waals surface area contributed by atoms with Gasteiger partial charge in [-0.05, 0) is 253 Å². The molecule has 142 heavy (non-hydrogen) atoms. The zero-order valence-corrected chi connectivity index (χ0v) is 79.6. The summed E-state index contributed by atoms with van der Waals surface area (Å²) >= 11 is 0. The van der Waals surface area contributed by atoms with E-state index >= 15 is 0 Å². The van der Waals surface area contributed by atoms with Crippen LogP contribution in [0, 0.1) is 17.9 Å². The van der Waals surface area contributed by atoms with E-state index in [0.717, 1.165) is 133 Å². The van der Waals surface area contributed by atoms with Gasteiger partial charge in [0.2, 0.25) is 0 Å². The van der Waals surface area contributed by atoms with Crippen LogP contribution in [0.5, 0.6) is 0 Å². The quantitative estimate of drug-likeness (QED) is 0.0480. The normalized spacial score (nSPS) is 11.6. The van der Waals surface area contributed by atoms with Gasteiger partial charge in [0.25, 0.3) is 0 Å². The second-order valence-corrected chi connectivity index (χ2v) is 44.4. The number of nitrogens with zero attached hydrogens (tertiary/aromatic N) is 6. The minimum atomic E-state index is -2.88. The molecule has 4 aromatic heterocycles. The van der Waals surface area contributed by atoms with Crippen molar-refractivity contribution in [1.29, 1.82) is 5.26 Å². The lowest BCUT2D eigenvalue weighted by molar-refractivity contribution is 1.13. The molecule has 0 N–H and O–H groups in total. The number of benzene rings is 22. The second-order valence-electron chi connectivity index (χ2n) is 36.8. The molecule has 0 unspecified atom stereocenters. The van der Waals surface area contributed by atoms with Crippen LogP contribution in [0.1, 0.15) is 5.56 Å². The number of nitriles is 1. The third kappa shape index (κ3) is 14.8. The van der Waals surface area contributed by atoms with Crippen molar-refractivity contribution in [3.8, 4) is 95.6 Å². The number of fused-ring (bicyclic) bond motifs is 12. The monoisotopic (exact) mass is 1840 g/mol. The Balaban J connectivity index is 0.000000167. The van der Waals surface area contributed by atoms with Crippen molar-refractivity contribution < 1.29 is 0 Å². The van der Waals surface area contributed by atoms with E-state index in [0.29, 0.717) is 11.3 Å². The van der Waals surface area contributed by atoms with Crippen LogP contribution in [0.4, 0.5) is 5.69 Å². The highest BCUT2D eigenvalue weighted by molar-refractivity contribution is 7.20. The standard InChI is InChI=1S/C84H60N2Si2.C50H30N4/c1-9-29-61(30-10-1)63-53-64(62-31-11-2-12-32-62)55-65(54-63)66-56-67(85-81-47-27-25-45-77(81)79-59-75(49-51-83(79)85)87(69-33-13-3-14-34-69,70-35-15-4-16-36-70)71-37-17-5-18-38-71)58-68(57-66)86-82-48-28-26-46-78(82)80-60-76(50-52-84(80)86)88(72-39-19-6-20-40-72,73-41-21-7-22-42-73)74-43-23-8-24-44-74;1-52-40-21-23-50-46(30-40)44-17-9-11-19-48(44)54(50)42-29-39(38-26-36(34-12-4-2-5-13-34)25-37(27-38)35-14-6-3-7-15-35)28-41(31-42)53-47-18-10-8-16-43(47)45-24-33(32-51)20-22-49(45)53/h1-60H;2-31H. The zero-order chi connectivity index (χ0) is 94.6. The highest BCUT2D eigenvalue weighted by Gasteiger charge is 2.44. The number of hydrogen-bond acceptors (Lipinski definition) is 1. The molecule has 6 nitrogen and oxygen atoms in total. The molecule has 26 aromatic rings. The average Bonchev–Trinajstić information content (AvgIpc) is 1.28. The maximum absolute atomic E-state index is 9.84. The Morgan fingerprint density at radius 2 is 0.380 bits per heavy atom. The first-order chi connectivity index (χ1) is 70.3. The van der Waals surface area contributed by atoms with E-state index in [4.69, 9.17) is 6.57 Å². The van der Waals surface area contributed by atoms with E-state index in [1.54, 1.807) is 0 Å². The van der Waals surface area contributed by atoms with Crippen LogP contribution in [-0.4, -0.2) is 34.4 Å². The molecule has 0 aliphatic heterocycles. The van der Waals surface area contributed by atoms with Gasteiger partial charge in [-0.25, -0.2) is 4.85 Å². The van der Waals surface area contributed by atoms with E-state index in [2.05, 4.69) is 551 Å². The van der Waals surface area contributed by atoms with Gasteiger partial charge >= 0.3 is 0 Å². The molecule has 0 atom stereocenters. The minimum Gasteiger partial charge on any atom is -0.309 e. The third-order valence-corrected chi connectivity index (χ3v) is 38.4. The lowest BCUT2D eigenvalue weighted by Crippen LogP contribution is -2.74. The number of aromatic nitrogens is 4. The molecule has 664 valence electrons. The largest absolute Gasteiger partial charge is 0.309 e. The van der Waals surface area contributed by atoms with Crippen LogP contribution >= 0.6 is 0 Å². The molecule has 0 radical (unpaired) electrons. The van der Waals surface area contributed by atoms with Crippen molar-refractivity contribution >= 4 is 151 Å². The van der Waals surface area contributed by atoms with Gasteiger partial charge in [-0.15, -0.1) is 0 Å². The smallest absolute Gasteiger partial charge is 0.188 e. The lowest BCUT2D eigenvalue weighted by atomic mass is 9.93. The van der Waals surface area contributed by atoms with Crippen LogP contribution in [0.2, 0.25) is 0 Å². The molecule has 0 fully saturated rings. The van der Waals surface area contributed by atoms with Gasteiger partial charge in [-0.1, -0.05) is 406 Å². The van der Waals surface area contributed by atoms with Gasteiger partial charge in [-0.2, -0.15) is 5.26 Å². The Labute approximate surface area is 826 Å². The molecule has 0 saturated carbocycles. The van der Waals surface area contributed by atoms with Gasteiger partial charge in [0.1, 0.15) is 0 Å². The maximum Gasteiger partial charge on any atom is 0.188 e. The molecule has 0 saturated heterocycles. The highest BCUT2D eigenvalue weighted by Crippen LogP contribution is 2.45. The molecule has 0 amide bonds. The van der Waals surface area contributed by atoms with Crippen LogP contribution in [-0.2, 0) is 0 Å². The van der Waals surface area contributed by atoms with Crippen molar-refractivity contribution in [3.63, 3.8) is 0 Å². The first kappa shape index (κ1) is 85.1. The first-order valence-corrected chi connectivity index (χ1v) is 52.4. The Bertz CT molecular complexity index is 8670. The van der Waals surface area contributed by atoms with Crippen molar-refractivity contribution in [2.24, 2.45) is 0 Å². The van der Waals surface area contributed by atoms with Crippen LogP contribution in [0.3, 0.4) is 0 Å². The van der Waals surface area contributed by atoms with Crippen molar-refractivity contribution in [2.45, 2.75) is 0 Å². The molecule has 8 heteroatoms. The van der Waals surface area contributed by atoms with E-state index in [9.17, 15) is 5.26 Å². The van der Waals surface area contributed by atoms with Gasteiger partial charge in [-0.3, -0.25) is 0 Å². The van der Waals surface area contributed by atoms with Crippen molar-refractivity contribution in [3.05, 3.63) is 563 Å². The highest BCUT2D eigenvalue weighted by atomic mass is 28.3. The van der Waals surface area contributed by atoms with E-state index in [1.165, 1.54) is 85.3 Å². The van der Waals surface area contributed by atoms with Crippen LogP contribution < -0.4 is 41.5 Å². The minimum absolute atomic E-state index is 0.619. The van der Waals surface area contributed by atoms with E-state index < -0.39 is 16.1 Å². The van der Waals surface area contributed by atoms with Crippen molar-refractivity contribution in [2.75, 3.05) is 0 Å². The Morgan fingerprint density at radius 3 is 0.648 bits per heavy atom. The zero-order valence-electron chi connectivity index (χ0n) is 77.6. The number of rotatable bonds is 18. The summed E-state index contributed by atoms with van der Waals surface area (Å²) in [5.74, 6) is 0. The molecule has 0 spiro atoms. The van der Waals surface area contributed by atoms with E-state index in [1.807, 2.05) is 24.3 Å². The predicted octanol–water partition coefficient (Wildman–Crippen LogP) is 28.9. The Hall–Kier alpha value is -18.5. The Kier molecular flexibility index (Phi) is 21.7. The van der Waals surface area contributed by atoms with Crippen molar-refractivity contribution in [1.82, 2.24) is 18.3 Å². The summed E-state index contributed by atoms with van der Waals surface area (Å²) in [5, 5.41) is 29.8. The summed E-state index contributed by atoms with van der Waals surface area (Å²) in [6, 6.07) is 203. The first-order valence-electron chi connectivity index (χ1n) is 48.4. The molecular formula is C134H90N6Si2. The molecular weight excluding hydrogens is 1750 g/mol. The summed E-state index contributed by atoms with van der Waals surface area (Å²) < 4.78 is 9.71. The van der Waals surface area contributed by atoms with E-state index in [-0.39, 0.29) is 0 Å². The SMILES string of the molecule is [C-]#[N+]c1ccc2c(c1)c1ccccc1n2-c1cc(-c2cc(-c3ccccc3)cc(-c3ccccc3)c2)cc(-n2c3ccccc3c3cc(C#N)ccc32)c1.c1ccc(-c2cc(-c3ccccc3)cc(-c3cc(-n4c5ccccc5c5cc([Si](c6ccccc6)(c6ccccc6)c6ccccc6)ccc54)cc(-n4c5ccccc5c5cc([Si](c6ccccc6)(c6ccccc6)c6ccccc6)ccc54)c3)c2)cc1. The molecule has 0 aliphatic carbocycles. The average molecular weight is 1840 g/mol. The second kappa shape index (κ2) is 36.2. The van der Waals surface area contributed by atoms with Crippen LogP contribution in [0.15, 0.2) is 546 Å². The molecule has 0 bridgehead atoms. The van der Waals surface area contributed by atoms with Gasteiger partial charge in [0, 0.05) is 60.5 Å². The fourth-order valence-corrected chi connectivity index (χ4v) is 32.1. The van der Waals surface area contributed by atoms with Crippen LogP contribution in [0.25, 0.3) is 182 Å². The van der Waals surface area contributed by atoms with Gasteiger partial charge in [0.05, 0.1) is 62.3 Å². The fraction of sp³-hybridized carbons (Fsp3) is 0. The summed E-state index contributed by atoms with van der Waals surface area (Å²) in [7, 11) is -5.75.